The minimum Gasteiger partial charge on any atom is -0.394 e. The molecule has 0 bridgehead atoms. The van der Waals surface area contributed by atoms with E-state index in [1.807, 2.05) is 0 Å². The molecule has 0 saturated carbocycles. The second-order valence-corrected chi connectivity index (χ2v) is 6.36. The summed E-state index contributed by atoms with van der Waals surface area (Å²) in [7, 11) is 0. The van der Waals surface area contributed by atoms with Crippen LogP contribution in [0.3, 0.4) is 0 Å². The van der Waals surface area contributed by atoms with Crippen LogP contribution in [0.5, 0.6) is 0 Å². The van der Waals surface area contributed by atoms with E-state index in [2.05, 4.69) is 5.32 Å². The third kappa shape index (κ3) is 6.26. The number of rotatable bonds is 10. The van der Waals surface area contributed by atoms with Crippen LogP contribution in [-0.2, 0) is 14.3 Å². The van der Waals surface area contributed by atoms with E-state index < -0.39 is 85.6 Å². The maximum absolute atomic E-state index is 11.3. The number of carbonyl (C=O) groups is 1. The highest BCUT2D eigenvalue weighted by molar-refractivity contribution is 5.73. The molecule has 1 aliphatic rings. The Labute approximate surface area is 159 Å². The van der Waals surface area contributed by atoms with Crippen LogP contribution < -0.4 is 5.32 Å². The molecule has 0 radical (unpaired) electrons. The van der Waals surface area contributed by atoms with Crippen LogP contribution in [0.4, 0.5) is 0 Å². The summed E-state index contributed by atoms with van der Waals surface area (Å²) in [6.45, 7) is -1.65. The second kappa shape index (κ2) is 10.9. The average Bonchev–Trinajstić information content (AvgIpc) is 2.63. The summed E-state index contributed by atoms with van der Waals surface area (Å²) in [6, 6.07) is -1.54. The quantitative estimate of drug-likeness (QED) is 0.124. The number of aliphatic hydroxyl groups is 7. The Hall–Kier alpha value is -1.49. The first-order chi connectivity index (χ1) is 13.0. The van der Waals surface area contributed by atoms with Gasteiger partial charge in [-0.15, -0.1) is 0 Å². The van der Waals surface area contributed by atoms with E-state index in [0.717, 1.165) is 6.92 Å². The normalized spacial score (nSPS) is 32.2. The Kier molecular flexibility index (Phi) is 9.55. The Morgan fingerprint density at radius 2 is 1.82 bits per heavy atom. The first-order valence-electron chi connectivity index (χ1n) is 8.35. The van der Waals surface area contributed by atoms with Gasteiger partial charge in [-0.3, -0.25) is 14.9 Å². The zero-order chi connectivity index (χ0) is 21.6. The maximum Gasteiger partial charge on any atom is 0.226 e. The van der Waals surface area contributed by atoms with Gasteiger partial charge in [0.2, 0.25) is 12.5 Å². The molecule has 1 fully saturated rings. The summed E-state index contributed by atoms with van der Waals surface area (Å²) in [4.78, 5) is 21.2. The molecule has 1 heterocycles. The van der Waals surface area contributed by atoms with Gasteiger partial charge in [-0.05, 0) is 0 Å². The highest BCUT2D eigenvalue weighted by atomic mass is 16.7. The zero-order valence-electron chi connectivity index (χ0n) is 14.9. The van der Waals surface area contributed by atoms with Gasteiger partial charge >= 0.3 is 0 Å². The summed E-state index contributed by atoms with van der Waals surface area (Å²) in [6.07, 6.45) is -14.1. The number of aliphatic hydroxyl groups excluding tert-OH is 7. The van der Waals surface area contributed by atoms with Crippen molar-refractivity contribution in [2.45, 2.75) is 62.0 Å². The number of amides is 1. The Morgan fingerprint density at radius 1 is 1.21 bits per heavy atom. The third-order valence-corrected chi connectivity index (χ3v) is 4.19. The fourth-order valence-electron chi connectivity index (χ4n) is 2.73. The first kappa shape index (κ1) is 24.5. The molecule has 0 unspecified atom stereocenters. The molecular weight excluding hydrogens is 388 g/mol. The first-order valence-corrected chi connectivity index (χ1v) is 8.35. The van der Waals surface area contributed by atoms with Crippen molar-refractivity contribution in [1.29, 1.82) is 0 Å². The number of hydrogen-bond donors (Lipinski definition) is 8. The lowest BCUT2D eigenvalue weighted by molar-refractivity contribution is -0.486. The van der Waals surface area contributed by atoms with Crippen LogP contribution in [-0.4, -0.2) is 121 Å². The van der Waals surface area contributed by atoms with Gasteiger partial charge in [0.1, 0.15) is 48.8 Å². The van der Waals surface area contributed by atoms with Crippen molar-refractivity contribution in [2.24, 2.45) is 0 Å². The van der Waals surface area contributed by atoms with E-state index >= 15 is 0 Å². The van der Waals surface area contributed by atoms with Crippen LogP contribution in [0.2, 0.25) is 0 Å². The van der Waals surface area contributed by atoms with Crippen molar-refractivity contribution in [3.63, 3.8) is 0 Å². The molecule has 1 saturated heterocycles. The molecule has 9 atom stereocenters. The fraction of sp³-hybridized carbons (Fsp3) is 0.929. The lowest BCUT2D eigenvalue weighted by Gasteiger charge is -2.42. The minimum absolute atomic E-state index is 0.726. The highest BCUT2D eigenvalue weighted by Gasteiger charge is 2.47. The average molecular weight is 414 g/mol. The van der Waals surface area contributed by atoms with Crippen molar-refractivity contribution in [3.8, 4) is 0 Å². The molecule has 28 heavy (non-hydrogen) atoms. The SMILES string of the molecule is CC(=O)N[C@H](C[N+](=O)[O-])[C@@H](O)[C@H](O[C@@H]1O[C@H](CO)[C@H](O)[C@H](O)[C@H]1O)[C@H](O)CO. The Morgan fingerprint density at radius 3 is 2.29 bits per heavy atom. The third-order valence-electron chi connectivity index (χ3n) is 4.19. The molecule has 14 heteroatoms. The Bertz CT molecular complexity index is 505. The number of carbonyl (C=O) groups excluding carboxylic acids is 1. The van der Waals surface area contributed by atoms with Crippen LogP contribution >= 0.6 is 0 Å². The van der Waals surface area contributed by atoms with Gasteiger partial charge in [-0.25, -0.2) is 0 Å². The Balaban J connectivity index is 3.05. The lowest BCUT2D eigenvalue weighted by atomic mass is 9.98. The van der Waals surface area contributed by atoms with E-state index in [1.54, 1.807) is 0 Å². The smallest absolute Gasteiger partial charge is 0.226 e. The van der Waals surface area contributed by atoms with Gasteiger partial charge in [0.15, 0.2) is 6.29 Å². The molecule has 8 N–H and O–H groups in total. The van der Waals surface area contributed by atoms with Crippen molar-refractivity contribution in [1.82, 2.24) is 5.32 Å². The molecule has 1 amide bonds. The van der Waals surface area contributed by atoms with Crippen LogP contribution in [0.15, 0.2) is 0 Å². The van der Waals surface area contributed by atoms with Gasteiger partial charge in [0.05, 0.1) is 13.2 Å². The predicted octanol–water partition coefficient (Wildman–Crippen LogP) is -5.33. The van der Waals surface area contributed by atoms with Crippen molar-refractivity contribution >= 4 is 5.91 Å². The number of hydrogen-bond acceptors (Lipinski definition) is 12. The molecule has 14 nitrogen and oxygen atoms in total. The van der Waals surface area contributed by atoms with Gasteiger partial charge in [-0.2, -0.15) is 0 Å². The minimum atomic E-state index is -1.94. The zero-order valence-corrected chi connectivity index (χ0v) is 14.9. The molecule has 0 aromatic carbocycles. The number of ether oxygens (including phenoxy) is 2. The molecule has 1 rings (SSSR count). The van der Waals surface area contributed by atoms with Crippen LogP contribution in [0, 0.1) is 10.1 Å². The van der Waals surface area contributed by atoms with Crippen LogP contribution in [0.25, 0.3) is 0 Å². The topological polar surface area (TPSA) is 232 Å². The van der Waals surface area contributed by atoms with Crippen LogP contribution in [0.1, 0.15) is 6.92 Å². The number of nitrogens with one attached hydrogen (secondary N) is 1. The highest BCUT2D eigenvalue weighted by Crippen LogP contribution is 2.25. The van der Waals surface area contributed by atoms with Crippen molar-refractivity contribution in [3.05, 3.63) is 10.1 Å². The summed E-state index contributed by atoms with van der Waals surface area (Å²) < 4.78 is 10.3. The monoisotopic (exact) mass is 414 g/mol. The molecule has 0 spiro atoms. The van der Waals surface area contributed by atoms with Gasteiger partial charge in [0, 0.05) is 11.8 Å². The van der Waals surface area contributed by atoms with Crippen molar-refractivity contribution < 1.29 is 54.9 Å². The molecule has 164 valence electrons. The predicted molar refractivity (Wildman–Crippen MR) is 87.2 cm³/mol. The van der Waals surface area contributed by atoms with Gasteiger partial charge in [-0.1, -0.05) is 0 Å². The molecule has 0 aromatic rings. The van der Waals surface area contributed by atoms with E-state index in [4.69, 9.17) is 9.47 Å². The summed E-state index contributed by atoms with van der Waals surface area (Å²) in [5.41, 5.74) is 0. The largest absolute Gasteiger partial charge is 0.394 e. The molecule has 0 aromatic heterocycles. The molecular formula is C14H26N2O12. The summed E-state index contributed by atoms with van der Waals surface area (Å²) in [5.74, 6) is -0.726. The number of nitrogens with zero attached hydrogens (tertiary/aromatic N) is 1. The summed E-state index contributed by atoms with van der Waals surface area (Å²) in [5, 5.41) is 81.2. The van der Waals surface area contributed by atoms with E-state index in [9.17, 15) is 50.7 Å². The fourth-order valence-corrected chi connectivity index (χ4v) is 2.73. The van der Waals surface area contributed by atoms with Crippen molar-refractivity contribution in [2.75, 3.05) is 19.8 Å². The summed E-state index contributed by atoms with van der Waals surface area (Å²) >= 11 is 0. The maximum atomic E-state index is 11.3. The van der Waals surface area contributed by atoms with Gasteiger partial charge in [0.25, 0.3) is 0 Å². The van der Waals surface area contributed by atoms with E-state index in [0.29, 0.717) is 0 Å². The lowest BCUT2D eigenvalue weighted by Crippen LogP contribution is -2.62. The number of nitro groups is 1. The second-order valence-electron chi connectivity index (χ2n) is 6.36. The molecule has 0 aliphatic carbocycles. The molecule has 1 aliphatic heterocycles. The van der Waals surface area contributed by atoms with E-state index in [1.165, 1.54) is 0 Å². The van der Waals surface area contributed by atoms with Gasteiger partial charge < -0.3 is 50.5 Å². The van der Waals surface area contributed by atoms with E-state index in [-0.39, 0.29) is 0 Å². The standard InChI is InChI=1S/C14H26N2O12/c1-5(19)15-6(2-16(25)26)9(21)13(7(20)3-17)28-14-12(24)11(23)10(22)8(4-18)27-14/h6-14,17-18,20-24H,2-4H2,1H3,(H,15,19)/t6-,7-,8-,9-,10+,11+,12-,13-,14+/m1/s1.